The zero-order valence-electron chi connectivity index (χ0n) is 20.7. The van der Waals surface area contributed by atoms with Crippen LogP contribution in [-0.2, 0) is 11.3 Å². The van der Waals surface area contributed by atoms with Gasteiger partial charge in [0.2, 0.25) is 5.88 Å². The molecule has 0 radical (unpaired) electrons. The Kier molecular flexibility index (Phi) is 7.70. The summed E-state index contributed by atoms with van der Waals surface area (Å²) in [6.07, 6.45) is 5.35. The van der Waals surface area contributed by atoms with E-state index in [2.05, 4.69) is 32.3 Å². The SMILES string of the molecule is CN=C(CN1CCC(c2cccc(OCc3ccnc4cc(C#N)ccc34)n2)CC1)NC[C@@H]1CCO1. The number of hydrogen-bond donors (Lipinski definition) is 1. The van der Waals surface area contributed by atoms with Crippen LogP contribution in [0.2, 0.25) is 0 Å². The fourth-order valence-electron chi connectivity index (χ4n) is 4.77. The molecule has 2 saturated heterocycles. The summed E-state index contributed by atoms with van der Waals surface area (Å²) in [4.78, 5) is 16.1. The molecule has 0 saturated carbocycles. The number of pyridine rings is 2. The molecule has 0 amide bonds. The first-order valence-corrected chi connectivity index (χ1v) is 12.6. The Hall–Kier alpha value is -3.54. The average molecular weight is 485 g/mol. The first-order valence-electron chi connectivity index (χ1n) is 12.6. The molecular formula is C28H32N6O2. The summed E-state index contributed by atoms with van der Waals surface area (Å²) < 4.78 is 11.6. The lowest BCUT2D eigenvalue weighted by molar-refractivity contribution is -0.0461. The Morgan fingerprint density at radius 2 is 2.08 bits per heavy atom. The maximum atomic E-state index is 9.14. The van der Waals surface area contributed by atoms with Crippen LogP contribution < -0.4 is 10.1 Å². The molecule has 8 nitrogen and oxygen atoms in total. The molecule has 1 atom stereocenters. The molecule has 4 heterocycles. The van der Waals surface area contributed by atoms with Crippen molar-refractivity contribution in [3.05, 3.63) is 65.5 Å². The number of piperidine rings is 1. The molecule has 36 heavy (non-hydrogen) atoms. The molecule has 0 unspecified atom stereocenters. The van der Waals surface area contributed by atoms with Gasteiger partial charge in [0.15, 0.2) is 0 Å². The number of hydrogen-bond acceptors (Lipinski definition) is 7. The van der Waals surface area contributed by atoms with Gasteiger partial charge < -0.3 is 14.8 Å². The van der Waals surface area contributed by atoms with E-state index in [-0.39, 0.29) is 0 Å². The van der Waals surface area contributed by atoms with Crippen molar-refractivity contribution in [3.8, 4) is 11.9 Å². The summed E-state index contributed by atoms with van der Waals surface area (Å²) in [5.74, 6) is 2.09. The fraction of sp³-hybridized carbons (Fsp3) is 0.429. The smallest absolute Gasteiger partial charge is 0.213 e. The van der Waals surface area contributed by atoms with Gasteiger partial charge in [0, 0.05) is 55.0 Å². The highest BCUT2D eigenvalue weighted by Gasteiger charge is 2.23. The third-order valence-electron chi connectivity index (χ3n) is 7.06. The minimum atomic E-state index is 0.335. The summed E-state index contributed by atoms with van der Waals surface area (Å²) in [5, 5.41) is 13.6. The summed E-state index contributed by atoms with van der Waals surface area (Å²) in [6, 6.07) is 15.7. The van der Waals surface area contributed by atoms with Crippen LogP contribution in [0.25, 0.3) is 10.9 Å². The molecule has 8 heteroatoms. The number of likely N-dealkylation sites (tertiary alicyclic amines) is 1. The van der Waals surface area contributed by atoms with E-state index < -0.39 is 0 Å². The van der Waals surface area contributed by atoms with E-state index in [4.69, 9.17) is 19.7 Å². The monoisotopic (exact) mass is 484 g/mol. The molecule has 1 N–H and O–H groups in total. The van der Waals surface area contributed by atoms with E-state index in [1.165, 1.54) is 0 Å². The van der Waals surface area contributed by atoms with E-state index in [0.29, 0.717) is 30.1 Å². The third kappa shape index (κ3) is 5.81. The molecule has 1 aromatic carbocycles. The van der Waals surface area contributed by atoms with Crippen molar-refractivity contribution in [2.24, 2.45) is 4.99 Å². The van der Waals surface area contributed by atoms with Crippen molar-refractivity contribution in [1.82, 2.24) is 20.2 Å². The Bertz CT molecular complexity index is 1260. The fourth-order valence-corrected chi connectivity index (χ4v) is 4.77. The Morgan fingerprint density at radius 3 is 2.83 bits per heavy atom. The molecule has 0 bridgehead atoms. The molecule has 2 aliphatic heterocycles. The zero-order chi connectivity index (χ0) is 24.7. The number of aromatic nitrogens is 2. The molecule has 2 aromatic heterocycles. The van der Waals surface area contributed by atoms with Gasteiger partial charge in [-0.1, -0.05) is 12.1 Å². The number of aliphatic imine (C=N–C) groups is 1. The van der Waals surface area contributed by atoms with Crippen molar-refractivity contribution < 1.29 is 9.47 Å². The minimum Gasteiger partial charge on any atom is -0.473 e. The molecular weight excluding hydrogens is 452 g/mol. The van der Waals surface area contributed by atoms with Crippen molar-refractivity contribution in [3.63, 3.8) is 0 Å². The molecule has 5 rings (SSSR count). The van der Waals surface area contributed by atoms with Crippen LogP contribution in [-0.4, -0.2) is 66.6 Å². The van der Waals surface area contributed by atoms with Crippen molar-refractivity contribution in [2.75, 3.05) is 39.8 Å². The normalized spacial score (nSPS) is 19.0. The number of amidine groups is 1. The third-order valence-corrected chi connectivity index (χ3v) is 7.06. The summed E-state index contributed by atoms with van der Waals surface area (Å²) in [6.45, 7) is 5.01. The predicted octanol–water partition coefficient (Wildman–Crippen LogP) is 3.67. The summed E-state index contributed by atoms with van der Waals surface area (Å²) in [5.41, 5.74) is 3.52. The van der Waals surface area contributed by atoms with Gasteiger partial charge in [-0.3, -0.25) is 14.9 Å². The minimum absolute atomic E-state index is 0.335. The number of nitrogens with zero attached hydrogens (tertiary/aromatic N) is 5. The maximum absolute atomic E-state index is 9.14. The highest BCUT2D eigenvalue weighted by atomic mass is 16.5. The van der Waals surface area contributed by atoms with Gasteiger partial charge >= 0.3 is 0 Å². The van der Waals surface area contributed by atoms with Gasteiger partial charge in [-0.15, -0.1) is 0 Å². The molecule has 3 aromatic rings. The highest BCUT2D eigenvalue weighted by Crippen LogP contribution is 2.28. The lowest BCUT2D eigenvalue weighted by atomic mass is 9.93. The topological polar surface area (TPSA) is 95.7 Å². The largest absolute Gasteiger partial charge is 0.473 e. The second-order valence-electron chi connectivity index (χ2n) is 9.39. The van der Waals surface area contributed by atoms with E-state index in [1.807, 2.05) is 37.4 Å². The van der Waals surface area contributed by atoms with E-state index in [0.717, 1.165) is 80.0 Å². The van der Waals surface area contributed by atoms with Crippen LogP contribution in [0.1, 0.15) is 42.0 Å². The van der Waals surface area contributed by atoms with Crippen LogP contribution in [0, 0.1) is 11.3 Å². The Labute approximate surface area is 212 Å². The number of nitriles is 1. The lowest BCUT2D eigenvalue weighted by Gasteiger charge is -2.33. The second kappa shape index (κ2) is 11.5. The quantitative estimate of drug-likeness (QED) is 0.385. The number of benzene rings is 1. The first kappa shape index (κ1) is 24.2. The number of ether oxygens (including phenoxy) is 2. The van der Waals surface area contributed by atoms with Crippen molar-refractivity contribution in [2.45, 2.75) is 37.9 Å². The summed E-state index contributed by atoms with van der Waals surface area (Å²) >= 11 is 0. The molecule has 186 valence electrons. The van der Waals surface area contributed by atoms with Gasteiger partial charge in [0.1, 0.15) is 12.4 Å². The van der Waals surface area contributed by atoms with Crippen LogP contribution in [0.15, 0.2) is 53.7 Å². The predicted molar refractivity (Wildman–Crippen MR) is 139 cm³/mol. The number of nitrogens with one attached hydrogen (secondary N) is 1. The highest BCUT2D eigenvalue weighted by molar-refractivity contribution is 5.84. The molecule has 2 fully saturated rings. The number of rotatable bonds is 8. The molecule has 0 spiro atoms. The molecule has 2 aliphatic rings. The van der Waals surface area contributed by atoms with Gasteiger partial charge in [-0.05, 0) is 56.6 Å². The average Bonchev–Trinajstić information content (AvgIpc) is 2.90. The van der Waals surface area contributed by atoms with Gasteiger partial charge in [0.05, 0.1) is 29.8 Å². The number of fused-ring (bicyclic) bond motifs is 1. The zero-order valence-corrected chi connectivity index (χ0v) is 20.7. The lowest BCUT2D eigenvalue weighted by Crippen LogP contribution is -2.45. The van der Waals surface area contributed by atoms with E-state index >= 15 is 0 Å². The van der Waals surface area contributed by atoms with Crippen LogP contribution >= 0.6 is 0 Å². The van der Waals surface area contributed by atoms with Gasteiger partial charge in [-0.2, -0.15) is 5.26 Å². The van der Waals surface area contributed by atoms with E-state index in [1.54, 1.807) is 12.3 Å². The second-order valence-corrected chi connectivity index (χ2v) is 9.39. The first-order chi connectivity index (χ1) is 17.7. The van der Waals surface area contributed by atoms with Crippen LogP contribution in [0.5, 0.6) is 5.88 Å². The van der Waals surface area contributed by atoms with Crippen molar-refractivity contribution >= 4 is 16.7 Å². The summed E-state index contributed by atoms with van der Waals surface area (Å²) in [7, 11) is 1.85. The molecule has 0 aliphatic carbocycles. The van der Waals surface area contributed by atoms with Crippen LogP contribution in [0.4, 0.5) is 0 Å². The standard InChI is InChI=1S/C28H32N6O2/c1-30-27(32-17-23-10-14-35-23)18-34-12-8-21(9-13-34)25-3-2-4-28(33-25)36-19-22-7-11-31-26-15-20(16-29)5-6-24(22)26/h2-7,11,15,21,23H,8-10,12-14,17-19H2,1H3,(H,30,32)/t23-/m0/s1. The van der Waals surface area contributed by atoms with Crippen LogP contribution in [0.3, 0.4) is 0 Å². The van der Waals surface area contributed by atoms with Crippen molar-refractivity contribution in [1.29, 1.82) is 5.26 Å². The van der Waals surface area contributed by atoms with E-state index in [9.17, 15) is 0 Å². The Morgan fingerprint density at radius 1 is 1.22 bits per heavy atom. The van der Waals surface area contributed by atoms with Gasteiger partial charge in [-0.25, -0.2) is 4.98 Å². The Balaban J connectivity index is 1.15. The maximum Gasteiger partial charge on any atom is 0.213 e. The van der Waals surface area contributed by atoms with Gasteiger partial charge in [0.25, 0.3) is 0 Å².